The van der Waals surface area contributed by atoms with Crippen LogP contribution in [-0.2, 0) is 6.42 Å². The van der Waals surface area contributed by atoms with E-state index in [9.17, 15) is 0 Å². The van der Waals surface area contributed by atoms with E-state index in [2.05, 4.69) is 9.68 Å². The molecule has 50 valence electrons. The van der Waals surface area contributed by atoms with E-state index in [1.54, 1.807) is 12.5 Å². The monoisotopic (exact) mass is 126 g/mol. The molecule has 3 heteroatoms. The molecule has 0 bridgehead atoms. The number of hydrogen-bond acceptors (Lipinski definition) is 3. The molecular formula is C6H10N2O. The molecule has 0 amide bonds. The van der Waals surface area contributed by atoms with Crippen molar-refractivity contribution in [3.63, 3.8) is 0 Å². The number of hydrogen-bond donors (Lipinski definition) is 1. The Bertz CT molecular complexity index is 148. The van der Waals surface area contributed by atoms with Crippen molar-refractivity contribution in [2.75, 3.05) is 6.54 Å². The van der Waals surface area contributed by atoms with E-state index < -0.39 is 0 Å². The lowest BCUT2D eigenvalue weighted by atomic mass is 10.2. The second-order valence-corrected chi connectivity index (χ2v) is 1.92. The van der Waals surface area contributed by atoms with Gasteiger partial charge in [-0.2, -0.15) is 0 Å². The van der Waals surface area contributed by atoms with Gasteiger partial charge in [0, 0.05) is 5.56 Å². The number of aryl methyl sites for hydroxylation is 1. The molecule has 1 rings (SSSR count). The van der Waals surface area contributed by atoms with E-state index >= 15 is 0 Å². The maximum absolute atomic E-state index is 5.29. The molecule has 1 heterocycles. The van der Waals surface area contributed by atoms with Gasteiger partial charge in [-0.3, -0.25) is 0 Å². The molecule has 0 aliphatic carbocycles. The summed E-state index contributed by atoms with van der Waals surface area (Å²) >= 11 is 0. The first-order valence-corrected chi connectivity index (χ1v) is 3.02. The molecule has 2 N–H and O–H groups in total. The minimum Gasteiger partial charge on any atom is -0.364 e. The van der Waals surface area contributed by atoms with Gasteiger partial charge in [-0.1, -0.05) is 5.16 Å². The zero-order chi connectivity index (χ0) is 6.53. The second kappa shape index (κ2) is 3.25. The quantitative estimate of drug-likeness (QED) is 0.644. The summed E-state index contributed by atoms with van der Waals surface area (Å²) in [4.78, 5) is 0. The fourth-order valence-electron chi connectivity index (χ4n) is 0.656. The molecular weight excluding hydrogens is 116 g/mol. The van der Waals surface area contributed by atoms with E-state index in [4.69, 9.17) is 5.73 Å². The summed E-state index contributed by atoms with van der Waals surface area (Å²) in [5, 5.41) is 3.56. The lowest BCUT2D eigenvalue weighted by molar-refractivity contribution is 0.419. The van der Waals surface area contributed by atoms with Gasteiger partial charge in [0.15, 0.2) is 0 Å². The third kappa shape index (κ3) is 1.85. The smallest absolute Gasteiger partial charge is 0.126 e. The number of nitrogens with two attached hydrogens (primary N) is 1. The summed E-state index contributed by atoms with van der Waals surface area (Å²) < 4.78 is 4.62. The van der Waals surface area contributed by atoms with Crippen molar-refractivity contribution in [3.05, 3.63) is 18.0 Å². The predicted octanol–water partition coefficient (Wildman–Crippen LogP) is 0.566. The number of aromatic nitrogens is 1. The van der Waals surface area contributed by atoms with Gasteiger partial charge in [-0.15, -0.1) is 0 Å². The van der Waals surface area contributed by atoms with Crippen LogP contribution in [0.25, 0.3) is 0 Å². The lowest BCUT2D eigenvalue weighted by Crippen LogP contribution is -1.99. The Kier molecular flexibility index (Phi) is 2.27. The molecule has 0 radical (unpaired) electrons. The van der Waals surface area contributed by atoms with E-state index in [1.165, 1.54) is 0 Å². The molecule has 0 unspecified atom stereocenters. The average molecular weight is 126 g/mol. The zero-order valence-corrected chi connectivity index (χ0v) is 5.21. The van der Waals surface area contributed by atoms with Gasteiger partial charge in [0.2, 0.25) is 0 Å². The number of rotatable bonds is 3. The minimum absolute atomic E-state index is 0.727. The summed E-state index contributed by atoms with van der Waals surface area (Å²) in [7, 11) is 0. The van der Waals surface area contributed by atoms with Crippen LogP contribution in [0.4, 0.5) is 0 Å². The average Bonchev–Trinajstić information content (AvgIpc) is 2.34. The largest absolute Gasteiger partial charge is 0.364 e. The molecule has 1 aromatic heterocycles. The molecule has 0 aromatic carbocycles. The molecule has 0 atom stereocenters. The van der Waals surface area contributed by atoms with Crippen LogP contribution in [0.3, 0.4) is 0 Å². The van der Waals surface area contributed by atoms with Crippen LogP contribution in [-0.4, -0.2) is 11.7 Å². The van der Waals surface area contributed by atoms with Gasteiger partial charge in [-0.05, 0) is 19.4 Å². The Labute approximate surface area is 53.8 Å². The van der Waals surface area contributed by atoms with Gasteiger partial charge in [0.1, 0.15) is 6.26 Å². The van der Waals surface area contributed by atoms with Gasteiger partial charge in [0.25, 0.3) is 0 Å². The Hall–Kier alpha value is -0.830. The highest BCUT2D eigenvalue weighted by atomic mass is 16.5. The summed E-state index contributed by atoms with van der Waals surface area (Å²) in [6.45, 7) is 0.727. The first-order chi connectivity index (χ1) is 4.43. The predicted molar refractivity (Wildman–Crippen MR) is 33.9 cm³/mol. The first kappa shape index (κ1) is 6.29. The van der Waals surface area contributed by atoms with Gasteiger partial charge < -0.3 is 10.3 Å². The molecule has 3 nitrogen and oxygen atoms in total. The molecule has 9 heavy (non-hydrogen) atoms. The fourth-order valence-corrected chi connectivity index (χ4v) is 0.656. The normalized spacial score (nSPS) is 9.89. The minimum atomic E-state index is 0.727. The van der Waals surface area contributed by atoms with E-state index in [0.29, 0.717) is 0 Å². The summed E-state index contributed by atoms with van der Waals surface area (Å²) in [6, 6.07) is 0. The molecule has 0 aliphatic heterocycles. The van der Waals surface area contributed by atoms with Crippen LogP contribution >= 0.6 is 0 Å². The molecule has 0 fully saturated rings. The van der Waals surface area contributed by atoms with Crippen LogP contribution in [0.1, 0.15) is 12.0 Å². The van der Waals surface area contributed by atoms with Gasteiger partial charge >= 0.3 is 0 Å². The summed E-state index contributed by atoms with van der Waals surface area (Å²) in [5.41, 5.74) is 6.42. The van der Waals surface area contributed by atoms with Crippen molar-refractivity contribution in [1.29, 1.82) is 0 Å². The highest BCUT2D eigenvalue weighted by Gasteiger charge is 1.91. The summed E-state index contributed by atoms with van der Waals surface area (Å²) in [5.74, 6) is 0. The van der Waals surface area contributed by atoms with Crippen LogP contribution < -0.4 is 5.73 Å². The maximum Gasteiger partial charge on any atom is 0.126 e. The molecule has 0 spiro atoms. The molecule has 0 aliphatic rings. The highest BCUT2D eigenvalue weighted by molar-refractivity contribution is 4.99. The standard InChI is InChI=1S/C6H10N2O/c7-3-1-2-6-4-8-9-5-6/h4-5H,1-3,7H2. The van der Waals surface area contributed by atoms with Crippen molar-refractivity contribution in [1.82, 2.24) is 5.16 Å². The van der Waals surface area contributed by atoms with Crippen LogP contribution in [0.2, 0.25) is 0 Å². The first-order valence-electron chi connectivity index (χ1n) is 3.02. The van der Waals surface area contributed by atoms with Crippen molar-refractivity contribution in [3.8, 4) is 0 Å². The van der Waals surface area contributed by atoms with E-state index in [-0.39, 0.29) is 0 Å². The SMILES string of the molecule is NCCCc1cnoc1. The van der Waals surface area contributed by atoms with Crippen LogP contribution in [0.5, 0.6) is 0 Å². The Morgan fingerprint density at radius 2 is 2.56 bits per heavy atom. The fraction of sp³-hybridized carbons (Fsp3) is 0.500. The zero-order valence-electron chi connectivity index (χ0n) is 5.21. The Balaban J connectivity index is 2.30. The van der Waals surface area contributed by atoms with E-state index in [0.717, 1.165) is 24.9 Å². The maximum atomic E-state index is 5.29. The van der Waals surface area contributed by atoms with Crippen LogP contribution in [0, 0.1) is 0 Å². The van der Waals surface area contributed by atoms with Crippen molar-refractivity contribution < 1.29 is 4.52 Å². The highest BCUT2D eigenvalue weighted by Crippen LogP contribution is 1.98. The Morgan fingerprint density at radius 1 is 1.67 bits per heavy atom. The molecule has 0 saturated carbocycles. The summed E-state index contributed by atoms with van der Waals surface area (Å²) in [6.07, 6.45) is 5.34. The molecule has 1 aromatic rings. The van der Waals surface area contributed by atoms with Gasteiger partial charge in [-0.25, -0.2) is 0 Å². The lowest BCUT2D eigenvalue weighted by Gasteiger charge is -1.88. The third-order valence-electron chi connectivity index (χ3n) is 1.15. The molecule has 0 saturated heterocycles. The topological polar surface area (TPSA) is 52.0 Å². The number of nitrogens with zero attached hydrogens (tertiary/aromatic N) is 1. The van der Waals surface area contributed by atoms with E-state index in [1.807, 2.05) is 0 Å². The third-order valence-corrected chi connectivity index (χ3v) is 1.15. The van der Waals surface area contributed by atoms with Crippen molar-refractivity contribution >= 4 is 0 Å². The van der Waals surface area contributed by atoms with Crippen molar-refractivity contribution in [2.24, 2.45) is 5.73 Å². The van der Waals surface area contributed by atoms with Crippen molar-refractivity contribution in [2.45, 2.75) is 12.8 Å². The van der Waals surface area contributed by atoms with Crippen LogP contribution in [0.15, 0.2) is 17.0 Å². The van der Waals surface area contributed by atoms with Gasteiger partial charge in [0.05, 0.1) is 6.20 Å². The Morgan fingerprint density at radius 3 is 3.11 bits per heavy atom. The second-order valence-electron chi connectivity index (χ2n) is 1.92.